The summed E-state index contributed by atoms with van der Waals surface area (Å²) in [6.07, 6.45) is 5.25. The van der Waals surface area contributed by atoms with Crippen LogP contribution in [0, 0.1) is 11.8 Å². The first kappa shape index (κ1) is 17.2. The van der Waals surface area contributed by atoms with Crippen molar-refractivity contribution in [1.82, 2.24) is 13.9 Å². The van der Waals surface area contributed by atoms with Gasteiger partial charge in [-0.1, -0.05) is 13.8 Å². The van der Waals surface area contributed by atoms with E-state index in [9.17, 15) is 8.42 Å². The fourth-order valence-corrected chi connectivity index (χ4v) is 4.81. The first-order valence-corrected chi connectivity index (χ1v) is 9.93. The Kier molecular flexibility index (Phi) is 6.47. The van der Waals surface area contributed by atoms with E-state index in [0.717, 1.165) is 38.9 Å². The fraction of sp³-hybridized carbons (Fsp3) is 1.00. The molecule has 1 heterocycles. The van der Waals surface area contributed by atoms with Crippen molar-refractivity contribution in [1.29, 1.82) is 0 Å². The van der Waals surface area contributed by atoms with Gasteiger partial charge in [-0.25, -0.2) is 0 Å². The lowest BCUT2D eigenvalue weighted by Gasteiger charge is -2.35. The lowest BCUT2D eigenvalue weighted by molar-refractivity contribution is 0.248. The molecule has 1 aliphatic carbocycles. The molecule has 0 bridgehead atoms. The van der Waals surface area contributed by atoms with E-state index >= 15 is 0 Å². The van der Waals surface area contributed by atoms with Gasteiger partial charge in [0.2, 0.25) is 0 Å². The fourth-order valence-electron chi connectivity index (χ4n) is 2.99. The lowest BCUT2D eigenvalue weighted by Crippen LogP contribution is -2.48. The molecule has 1 aliphatic heterocycles. The summed E-state index contributed by atoms with van der Waals surface area (Å²) < 4.78 is 29.0. The summed E-state index contributed by atoms with van der Waals surface area (Å²) in [6, 6.07) is 0. The number of hydrogen-bond acceptors (Lipinski definition) is 3. The van der Waals surface area contributed by atoms with Gasteiger partial charge < -0.3 is 5.32 Å². The number of nitrogens with one attached hydrogen (secondary N) is 1. The molecule has 1 saturated heterocycles. The van der Waals surface area contributed by atoms with Gasteiger partial charge in [0.15, 0.2) is 0 Å². The highest BCUT2D eigenvalue weighted by Crippen LogP contribution is 2.31. The standard InChI is InChI=1S/C15H31N3O2S/c1-3-9-18(13-15-5-6-15)21(19,20)17-10-7-14(8-11-17)12-16-4-2/h14-16H,3-13H2,1-2H3. The van der Waals surface area contributed by atoms with Crippen LogP contribution in [0.15, 0.2) is 0 Å². The number of nitrogens with zero attached hydrogens (tertiary/aromatic N) is 2. The van der Waals surface area contributed by atoms with Crippen LogP contribution in [-0.2, 0) is 10.2 Å². The van der Waals surface area contributed by atoms with E-state index in [1.54, 1.807) is 8.61 Å². The van der Waals surface area contributed by atoms with Crippen LogP contribution in [0.1, 0.15) is 46.0 Å². The maximum atomic E-state index is 12.8. The molecule has 1 saturated carbocycles. The molecule has 0 aromatic rings. The lowest BCUT2D eigenvalue weighted by atomic mass is 9.98. The number of piperidine rings is 1. The molecule has 6 heteroatoms. The van der Waals surface area contributed by atoms with Gasteiger partial charge in [0.1, 0.15) is 0 Å². The number of rotatable bonds is 9. The Morgan fingerprint density at radius 2 is 1.76 bits per heavy atom. The quantitative estimate of drug-likeness (QED) is 0.704. The molecule has 2 rings (SSSR count). The molecule has 5 nitrogen and oxygen atoms in total. The Labute approximate surface area is 130 Å². The van der Waals surface area contributed by atoms with Crippen molar-refractivity contribution in [3.8, 4) is 0 Å². The Bertz CT molecular complexity index is 401. The predicted molar refractivity (Wildman–Crippen MR) is 86.3 cm³/mol. The van der Waals surface area contributed by atoms with Gasteiger partial charge >= 0.3 is 0 Å². The average Bonchev–Trinajstić information content (AvgIpc) is 3.29. The largest absolute Gasteiger partial charge is 0.317 e. The summed E-state index contributed by atoms with van der Waals surface area (Å²) in [5, 5.41) is 3.37. The summed E-state index contributed by atoms with van der Waals surface area (Å²) in [5.74, 6) is 1.23. The Morgan fingerprint density at radius 1 is 1.10 bits per heavy atom. The van der Waals surface area contributed by atoms with Crippen LogP contribution in [0.5, 0.6) is 0 Å². The topological polar surface area (TPSA) is 52.7 Å². The van der Waals surface area contributed by atoms with Crippen LogP contribution in [0.25, 0.3) is 0 Å². The second-order valence-corrected chi connectivity index (χ2v) is 8.39. The summed E-state index contributed by atoms with van der Waals surface area (Å²) in [5.41, 5.74) is 0. The van der Waals surface area contributed by atoms with Crippen LogP contribution in [0.4, 0.5) is 0 Å². The molecule has 2 aliphatic rings. The Hall–Kier alpha value is -0.170. The molecular formula is C15H31N3O2S. The molecule has 0 amide bonds. The molecule has 0 aromatic carbocycles. The molecule has 2 fully saturated rings. The van der Waals surface area contributed by atoms with Crippen molar-refractivity contribution in [2.24, 2.45) is 11.8 Å². The molecule has 0 atom stereocenters. The van der Waals surface area contributed by atoms with E-state index in [-0.39, 0.29) is 0 Å². The van der Waals surface area contributed by atoms with E-state index in [4.69, 9.17) is 0 Å². The normalized spacial score (nSPS) is 22.0. The first-order chi connectivity index (χ1) is 10.1. The maximum absolute atomic E-state index is 12.8. The minimum atomic E-state index is -3.24. The van der Waals surface area contributed by atoms with E-state index < -0.39 is 10.2 Å². The van der Waals surface area contributed by atoms with Gasteiger partial charge in [-0.15, -0.1) is 0 Å². The Balaban J connectivity index is 1.89. The molecular weight excluding hydrogens is 286 g/mol. The van der Waals surface area contributed by atoms with E-state index in [0.29, 0.717) is 31.5 Å². The zero-order valence-electron chi connectivity index (χ0n) is 13.6. The number of hydrogen-bond donors (Lipinski definition) is 1. The summed E-state index contributed by atoms with van der Waals surface area (Å²) in [7, 11) is -3.24. The highest BCUT2D eigenvalue weighted by Gasteiger charge is 2.35. The predicted octanol–water partition coefficient (Wildman–Crippen LogP) is 1.67. The van der Waals surface area contributed by atoms with Crippen molar-refractivity contribution in [2.75, 3.05) is 39.3 Å². The van der Waals surface area contributed by atoms with E-state index in [1.165, 1.54) is 12.8 Å². The maximum Gasteiger partial charge on any atom is 0.281 e. The van der Waals surface area contributed by atoms with Gasteiger partial charge in [0.25, 0.3) is 10.2 Å². The van der Waals surface area contributed by atoms with Crippen LogP contribution < -0.4 is 5.32 Å². The van der Waals surface area contributed by atoms with E-state index in [2.05, 4.69) is 19.2 Å². The zero-order chi connectivity index (χ0) is 15.3. The van der Waals surface area contributed by atoms with E-state index in [1.807, 2.05) is 0 Å². The van der Waals surface area contributed by atoms with Gasteiger partial charge in [0.05, 0.1) is 0 Å². The second-order valence-electron chi connectivity index (χ2n) is 6.46. The second kappa shape index (κ2) is 7.90. The van der Waals surface area contributed by atoms with Crippen LogP contribution in [0.2, 0.25) is 0 Å². The summed E-state index contributed by atoms with van der Waals surface area (Å²) in [6.45, 7) is 8.93. The molecule has 0 aromatic heterocycles. The third-order valence-electron chi connectivity index (χ3n) is 4.54. The molecule has 0 unspecified atom stereocenters. The van der Waals surface area contributed by atoms with Crippen molar-refractivity contribution in [2.45, 2.75) is 46.0 Å². The van der Waals surface area contributed by atoms with Crippen LogP contribution in [0.3, 0.4) is 0 Å². The molecule has 0 spiro atoms. The first-order valence-electron chi connectivity index (χ1n) is 8.53. The molecule has 0 radical (unpaired) electrons. The van der Waals surface area contributed by atoms with Crippen molar-refractivity contribution >= 4 is 10.2 Å². The molecule has 1 N–H and O–H groups in total. The van der Waals surface area contributed by atoms with Crippen molar-refractivity contribution in [3.05, 3.63) is 0 Å². The minimum Gasteiger partial charge on any atom is -0.317 e. The van der Waals surface area contributed by atoms with Gasteiger partial charge in [0, 0.05) is 26.2 Å². The monoisotopic (exact) mass is 317 g/mol. The van der Waals surface area contributed by atoms with Crippen molar-refractivity contribution in [3.63, 3.8) is 0 Å². The highest BCUT2D eigenvalue weighted by molar-refractivity contribution is 7.86. The smallest absolute Gasteiger partial charge is 0.281 e. The minimum absolute atomic E-state index is 0.609. The third kappa shape index (κ3) is 4.91. The zero-order valence-corrected chi connectivity index (χ0v) is 14.4. The summed E-state index contributed by atoms with van der Waals surface area (Å²) in [4.78, 5) is 0. The average molecular weight is 317 g/mol. The van der Waals surface area contributed by atoms with Gasteiger partial charge in [-0.2, -0.15) is 17.0 Å². The molecule has 21 heavy (non-hydrogen) atoms. The van der Waals surface area contributed by atoms with Gasteiger partial charge in [-0.05, 0) is 57.0 Å². The molecule has 124 valence electrons. The Morgan fingerprint density at radius 3 is 2.29 bits per heavy atom. The van der Waals surface area contributed by atoms with Gasteiger partial charge in [-0.3, -0.25) is 0 Å². The van der Waals surface area contributed by atoms with Crippen molar-refractivity contribution < 1.29 is 8.42 Å². The van der Waals surface area contributed by atoms with Crippen LogP contribution in [-0.4, -0.2) is 56.3 Å². The van der Waals surface area contributed by atoms with Crippen LogP contribution >= 0.6 is 0 Å². The SMILES string of the molecule is CCCN(CC1CC1)S(=O)(=O)N1CCC(CNCC)CC1. The third-order valence-corrected chi connectivity index (χ3v) is 6.54. The highest BCUT2D eigenvalue weighted by atomic mass is 32.2. The summed E-state index contributed by atoms with van der Waals surface area (Å²) >= 11 is 0.